The lowest BCUT2D eigenvalue weighted by atomic mass is 9.97. The molecule has 1 aliphatic rings. The van der Waals surface area contributed by atoms with E-state index < -0.39 is 5.97 Å². The third kappa shape index (κ3) is 2.12. The molecule has 1 N–H and O–H groups in total. The maximum absolute atomic E-state index is 11.1. The Morgan fingerprint density at radius 1 is 1.50 bits per heavy atom. The highest BCUT2D eigenvalue weighted by Crippen LogP contribution is 2.29. The van der Waals surface area contributed by atoms with Gasteiger partial charge in [0.05, 0.1) is 0 Å². The Kier molecular flexibility index (Phi) is 3.01. The molecule has 3 heteroatoms. The molecule has 1 aliphatic carbocycles. The molecule has 1 unspecified atom stereocenters. The van der Waals surface area contributed by atoms with Gasteiger partial charge in [0.15, 0.2) is 0 Å². The van der Waals surface area contributed by atoms with Crippen LogP contribution < -0.4 is 0 Å². The summed E-state index contributed by atoms with van der Waals surface area (Å²) in [6.07, 6.45) is 3.50. The summed E-state index contributed by atoms with van der Waals surface area (Å²) < 4.78 is 0. The second-order valence-electron chi connectivity index (χ2n) is 4.19. The fraction of sp³-hybridized carbons (Fsp3) is 0.308. The fourth-order valence-electron chi connectivity index (χ4n) is 2.04. The maximum Gasteiger partial charge on any atom is 0.331 e. The van der Waals surface area contributed by atoms with Crippen LogP contribution in [0.5, 0.6) is 0 Å². The Morgan fingerprint density at radius 3 is 2.94 bits per heavy atom. The molecule has 1 atom stereocenters. The quantitative estimate of drug-likeness (QED) is 0.812. The van der Waals surface area contributed by atoms with Crippen molar-refractivity contribution in [2.24, 2.45) is 5.92 Å². The molecule has 0 amide bonds. The first-order valence-corrected chi connectivity index (χ1v) is 5.69. The summed E-state index contributed by atoms with van der Waals surface area (Å²) >= 11 is 5.93. The van der Waals surface area contributed by atoms with Crippen LogP contribution in [0, 0.1) is 5.92 Å². The highest BCUT2D eigenvalue weighted by atomic mass is 35.5. The maximum atomic E-state index is 11.1. The number of aryl methyl sites for hydroxylation is 1. The highest BCUT2D eigenvalue weighted by Gasteiger charge is 2.20. The van der Waals surface area contributed by atoms with Gasteiger partial charge in [-0.05, 0) is 48.1 Å². The summed E-state index contributed by atoms with van der Waals surface area (Å²) in [5.74, 6) is -0.737. The Hall–Kier alpha value is -1.28. The Bertz CT molecular complexity index is 463. The number of halogens is 1. The predicted octanol–water partition coefficient (Wildman–Crippen LogP) is 3.39. The first kappa shape index (κ1) is 11.2. The van der Waals surface area contributed by atoms with Crippen LogP contribution >= 0.6 is 11.6 Å². The minimum Gasteiger partial charge on any atom is -0.478 e. The number of aliphatic carboxylic acids is 1. The van der Waals surface area contributed by atoms with E-state index in [-0.39, 0.29) is 5.92 Å². The van der Waals surface area contributed by atoms with Gasteiger partial charge in [0.1, 0.15) is 0 Å². The van der Waals surface area contributed by atoms with Gasteiger partial charge >= 0.3 is 5.97 Å². The van der Waals surface area contributed by atoms with Gasteiger partial charge in [-0.2, -0.15) is 0 Å². The van der Waals surface area contributed by atoms with Crippen molar-refractivity contribution in [3.05, 3.63) is 39.9 Å². The van der Waals surface area contributed by atoms with Crippen molar-refractivity contribution in [2.75, 3.05) is 0 Å². The summed E-state index contributed by atoms with van der Waals surface area (Å²) in [6, 6.07) is 5.61. The van der Waals surface area contributed by atoms with E-state index in [4.69, 9.17) is 16.7 Å². The predicted molar refractivity (Wildman–Crippen MR) is 64.5 cm³/mol. The first-order valence-electron chi connectivity index (χ1n) is 5.31. The zero-order valence-electron chi connectivity index (χ0n) is 9.03. The van der Waals surface area contributed by atoms with Crippen LogP contribution in [0.1, 0.15) is 24.5 Å². The highest BCUT2D eigenvalue weighted by molar-refractivity contribution is 6.30. The lowest BCUT2D eigenvalue weighted by Crippen LogP contribution is -2.08. The average molecular weight is 237 g/mol. The van der Waals surface area contributed by atoms with Gasteiger partial charge < -0.3 is 5.11 Å². The van der Waals surface area contributed by atoms with Gasteiger partial charge in [0, 0.05) is 10.6 Å². The molecule has 0 spiro atoms. The van der Waals surface area contributed by atoms with Crippen molar-refractivity contribution in [1.29, 1.82) is 0 Å². The van der Waals surface area contributed by atoms with Crippen LogP contribution in [0.4, 0.5) is 0 Å². The van der Waals surface area contributed by atoms with Crippen molar-refractivity contribution < 1.29 is 9.90 Å². The number of carboxylic acids is 1. The van der Waals surface area contributed by atoms with Crippen LogP contribution in [-0.4, -0.2) is 11.1 Å². The number of fused-ring (bicyclic) bond motifs is 1. The molecule has 0 bridgehead atoms. The van der Waals surface area contributed by atoms with E-state index in [2.05, 4.69) is 0 Å². The van der Waals surface area contributed by atoms with E-state index >= 15 is 0 Å². The van der Waals surface area contributed by atoms with E-state index in [0.717, 1.165) is 24.0 Å². The second-order valence-corrected chi connectivity index (χ2v) is 4.62. The van der Waals surface area contributed by atoms with Crippen LogP contribution in [0.3, 0.4) is 0 Å². The van der Waals surface area contributed by atoms with Crippen LogP contribution in [0.2, 0.25) is 5.02 Å². The number of carbonyl (C=O) groups is 1. The zero-order valence-corrected chi connectivity index (χ0v) is 9.79. The monoisotopic (exact) mass is 236 g/mol. The van der Waals surface area contributed by atoms with Crippen molar-refractivity contribution in [1.82, 2.24) is 0 Å². The summed E-state index contributed by atoms with van der Waals surface area (Å²) in [5.41, 5.74) is 2.60. The van der Waals surface area contributed by atoms with Crippen LogP contribution in [-0.2, 0) is 11.2 Å². The molecule has 16 heavy (non-hydrogen) atoms. The molecule has 1 aromatic carbocycles. The topological polar surface area (TPSA) is 37.3 Å². The molecule has 0 fully saturated rings. The summed E-state index contributed by atoms with van der Waals surface area (Å²) in [5, 5.41) is 9.83. The largest absolute Gasteiger partial charge is 0.478 e. The average Bonchev–Trinajstić information content (AvgIpc) is 2.38. The van der Waals surface area contributed by atoms with Crippen molar-refractivity contribution >= 4 is 23.6 Å². The molecule has 0 heterocycles. The van der Waals surface area contributed by atoms with Crippen molar-refractivity contribution in [3.8, 4) is 0 Å². The molecule has 1 aromatic rings. The Morgan fingerprint density at radius 2 is 2.25 bits per heavy atom. The molecule has 0 aromatic heterocycles. The number of hydrogen-bond acceptors (Lipinski definition) is 1. The van der Waals surface area contributed by atoms with E-state index in [1.807, 2.05) is 19.1 Å². The van der Waals surface area contributed by atoms with Crippen molar-refractivity contribution in [3.63, 3.8) is 0 Å². The van der Waals surface area contributed by atoms with Gasteiger partial charge in [-0.25, -0.2) is 4.79 Å². The van der Waals surface area contributed by atoms with E-state index in [1.165, 1.54) is 0 Å². The molecule has 0 saturated heterocycles. The normalized spacial score (nSPS) is 19.6. The number of carboxylic acid groups (broad SMARTS) is 1. The van der Waals surface area contributed by atoms with Crippen LogP contribution in [0.15, 0.2) is 23.8 Å². The van der Waals surface area contributed by atoms with Crippen LogP contribution in [0.25, 0.3) is 6.08 Å². The molecule has 2 rings (SSSR count). The molecular weight excluding hydrogens is 224 g/mol. The zero-order chi connectivity index (χ0) is 11.7. The smallest absolute Gasteiger partial charge is 0.331 e. The minimum atomic E-state index is -0.824. The number of benzene rings is 1. The molecule has 0 aliphatic heterocycles. The number of hydrogen-bond donors (Lipinski definition) is 1. The molecule has 84 valence electrons. The lowest BCUT2D eigenvalue weighted by molar-refractivity contribution is -0.133. The summed E-state index contributed by atoms with van der Waals surface area (Å²) in [4.78, 5) is 11.1. The molecular formula is C13H13ClO2. The van der Waals surface area contributed by atoms with Gasteiger partial charge in [-0.3, -0.25) is 0 Å². The van der Waals surface area contributed by atoms with Gasteiger partial charge in [-0.1, -0.05) is 24.6 Å². The van der Waals surface area contributed by atoms with Gasteiger partial charge in [0.25, 0.3) is 0 Å². The standard InChI is InChI=1S/C13H13ClO2/c1-8-2-3-9-6-11(14)5-4-10(9)7-12(8)13(15)16/h4-8H,2-3H2,1H3,(H,15,16). The van der Waals surface area contributed by atoms with Crippen molar-refractivity contribution in [2.45, 2.75) is 19.8 Å². The third-order valence-corrected chi connectivity index (χ3v) is 3.28. The van der Waals surface area contributed by atoms with E-state index in [9.17, 15) is 4.79 Å². The van der Waals surface area contributed by atoms with E-state index in [0.29, 0.717) is 10.6 Å². The number of rotatable bonds is 1. The SMILES string of the molecule is CC1CCc2cc(Cl)ccc2C=C1C(=O)O. The summed E-state index contributed by atoms with van der Waals surface area (Å²) in [6.45, 7) is 1.95. The Balaban J connectivity index is 2.50. The fourth-order valence-corrected chi connectivity index (χ4v) is 2.24. The molecule has 2 nitrogen and oxygen atoms in total. The first-order chi connectivity index (χ1) is 7.58. The third-order valence-electron chi connectivity index (χ3n) is 3.04. The lowest BCUT2D eigenvalue weighted by Gasteiger charge is -2.08. The minimum absolute atomic E-state index is 0.0867. The molecule has 0 saturated carbocycles. The Labute approximate surface area is 99.5 Å². The molecule has 0 radical (unpaired) electrons. The van der Waals surface area contributed by atoms with Gasteiger partial charge in [0.2, 0.25) is 0 Å². The second kappa shape index (κ2) is 4.30. The van der Waals surface area contributed by atoms with Gasteiger partial charge in [-0.15, -0.1) is 0 Å². The van der Waals surface area contributed by atoms with E-state index in [1.54, 1.807) is 12.1 Å². The summed E-state index contributed by atoms with van der Waals surface area (Å²) in [7, 11) is 0.